The molecular formula is C17H21N5O2. The number of primary amides is 1. The Morgan fingerprint density at radius 3 is 2.75 bits per heavy atom. The summed E-state index contributed by atoms with van der Waals surface area (Å²) in [6.07, 6.45) is 5.23. The highest BCUT2D eigenvalue weighted by molar-refractivity contribution is 5.91. The van der Waals surface area contributed by atoms with Crippen LogP contribution in [0.4, 0.5) is 5.69 Å². The molecule has 0 radical (unpaired) electrons. The molecule has 0 spiro atoms. The molecule has 0 saturated carbocycles. The van der Waals surface area contributed by atoms with Crippen LogP contribution in [0.2, 0.25) is 0 Å². The molecule has 0 aromatic carbocycles. The first-order valence-corrected chi connectivity index (χ1v) is 8.00. The van der Waals surface area contributed by atoms with Crippen LogP contribution in [0.1, 0.15) is 34.7 Å². The second-order valence-corrected chi connectivity index (χ2v) is 5.97. The molecule has 1 aliphatic rings. The van der Waals surface area contributed by atoms with E-state index >= 15 is 0 Å². The second kappa shape index (κ2) is 6.82. The van der Waals surface area contributed by atoms with Crippen molar-refractivity contribution < 1.29 is 9.53 Å². The van der Waals surface area contributed by atoms with Gasteiger partial charge in [-0.15, -0.1) is 0 Å². The standard InChI is InChI=1S/C17H21N5O2/c1-11-10-20-12(2)17(21-11)24-14-4-7-22(8-5-14)13-3-6-19-15(9-13)16(18)23/h3,6,9-10,14H,4-5,7-8H2,1-2H3,(H2,18,23). The fourth-order valence-electron chi connectivity index (χ4n) is 2.77. The van der Waals surface area contributed by atoms with Crippen molar-refractivity contribution in [1.29, 1.82) is 0 Å². The summed E-state index contributed by atoms with van der Waals surface area (Å²) in [5, 5.41) is 0. The number of aryl methyl sites for hydroxylation is 2. The second-order valence-electron chi connectivity index (χ2n) is 5.97. The van der Waals surface area contributed by atoms with Crippen LogP contribution in [0.25, 0.3) is 0 Å². The molecule has 1 amide bonds. The van der Waals surface area contributed by atoms with Gasteiger partial charge in [-0.3, -0.25) is 14.8 Å². The molecule has 3 heterocycles. The summed E-state index contributed by atoms with van der Waals surface area (Å²) in [5.74, 6) is 0.108. The number of hydrogen-bond donors (Lipinski definition) is 1. The molecule has 24 heavy (non-hydrogen) atoms. The number of nitrogens with two attached hydrogens (primary N) is 1. The molecule has 0 bridgehead atoms. The third-order valence-electron chi connectivity index (χ3n) is 4.11. The maximum absolute atomic E-state index is 11.3. The van der Waals surface area contributed by atoms with E-state index in [2.05, 4.69) is 19.9 Å². The predicted octanol–water partition coefficient (Wildman–Crippen LogP) is 1.64. The molecule has 0 aliphatic carbocycles. The Labute approximate surface area is 140 Å². The number of nitrogens with zero attached hydrogens (tertiary/aromatic N) is 4. The maximum Gasteiger partial charge on any atom is 0.267 e. The van der Waals surface area contributed by atoms with Crippen molar-refractivity contribution in [3.63, 3.8) is 0 Å². The van der Waals surface area contributed by atoms with Gasteiger partial charge in [-0.05, 0) is 26.0 Å². The topological polar surface area (TPSA) is 94.2 Å². The van der Waals surface area contributed by atoms with E-state index in [9.17, 15) is 4.79 Å². The summed E-state index contributed by atoms with van der Waals surface area (Å²) in [7, 11) is 0. The highest BCUT2D eigenvalue weighted by atomic mass is 16.5. The molecule has 2 aromatic heterocycles. The van der Waals surface area contributed by atoms with Crippen LogP contribution in [0, 0.1) is 13.8 Å². The molecular weight excluding hydrogens is 306 g/mol. The summed E-state index contributed by atoms with van der Waals surface area (Å²) >= 11 is 0. The van der Waals surface area contributed by atoms with Gasteiger partial charge in [0.2, 0.25) is 5.88 Å². The molecule has 2 aromatic rings. The first-order chi connectivity index (χ1) is 11.5. The van der Waals surface area contributed by atoms with E-state index in [-0.39, 0.29) is 11.8 Å². The minimum absolute atomic E-state index is 0.119. The summed E-state index contributed by atoms with van der Waals surface area (Å²) < 4.78 is 6.03. The zero-order valence-corrected chi connectivity index (χ0v) is 13.9. The summed E-state index contributed by atoms with van der Waals surface area (Å²) in [6.45, 7) is 5.48. The Morgan fingerprint density at radius 1 is 1.29 bits per heavy atom. The van der Waals surface area contributed by atoms with Gasteiger partial charge in [-0.2, -0.15) is 0 Å². The largest absolute Gasteiger partial charge is 0.473 e. The fraction of sp³-hybridized carbons (Fsp3) is 0.412. The summed E-state index contributed by atoms with van der Waals surface area (Å²) in [5.41, 5.74) is 8.20. The highest BCUT2D eigenvalue weighted by Crippen LogP contribution is 2.23. The number of ether oxygens (including phenoxy) is 1. The third kappa shape index (κ3) is 3.61. The van der Waals surface area contributed by atoms with Gasteiger partial charge in [0.1, 0.15) is 11.8 Å². The number of pyridine rings is 1. The van der Waals surface area contributed by atoms with Crippen molar-refractivity contribution in [3.05, 3.63) is 41.6 Å². The van der Waals surface area contributed by atoms with Crippen LogP contribution in [0.5, 0.6) is 5.88 Å². The zero-order valence-electron chi connectivity index (χ0n) is 13.9. The Hall–Kier alpha value is -2.70. The first kappa shape index (κ1) is 16.2. The molecule has 7 heteroatoms. The summed E-state index contributed by atoms with van der Waals surface area (Å²) in [4.78, 5) is 26.2. The normalized spacial score (nSPS) is 15.3. The molecule has 1 aliphatic heterocycles. The highest BCUT2D eigenvalue weighted by Gasteiger charge is 2.22. The first-order valence-electron chi connectivity index (χ1n) is 8.00. The van der Waals surface area contributed by atoms with Gasteiger partial charge in [0.15, 0.2) is 0 Å². The number of anilines is 1. The van der Waals surface area contributed by atoms with Crippen molar-refractivity contribution in [1.82, 2.24) is 15.0 Å². The molecule has 0 atom stereocenters. The van der Waals surface area contributed by atoms with Crippen LogP contribution >= 0.6 is 0 Å². The molecule has 3 rings (SSSR count). The minimum atomic E-state index is -0.511. The molecule has 126 valence electrons. The van der Waals surface area contributed by atoms with Gasteiger partial charge >= 0.3 is 0 Å². The number of amides is 1. The minimum Gasteiger partial charge on any atom is -0.473 e. The van der Waals surface area contributed by atoms with E-state index < -0.39 is 5.91 Å². The van der Waals surface area contributed by atoms with Gasteiger partial charge in [0.05, 0.1) is 11.4 Å². The average molecular weight is 327 g/mol. The fourth-order valence-corrected chi connectivity index (χ4v) is 2.77. The number of rotatable bonds is 4. The smallest absolute Gasteiger partial charge is 0.267 e. The number of piperidine rings is 1. The Kier molecular flexibility index (Phi) is 4.59. The van der Waals surface area contributed by atoms with E-state index in [1.54, 1.807) is 18.5 Å². The van der Waals surface area contributed by atoms with Crippen LogP contribution in [-0.4, -0.2) is 40.1 Å². The third-order valence-corrected chi connectivity index (χ3v) is 4.11. The molecule has 1 fully saturated rings. The van der Waals surface area contributed by atoms with Crippen LogP contribution in [0.15, 0.2) is 24.5 Å². The molecule has 1 saturated heterocycles. The zero-order chi connectivity index (χ0) is 17.1. The van der Waals surface area contributed by atoms with Gasteiger partial charge in [0.25, 0.3) is 5.91 Å². The van der Waals surface area contributed by atoms with E-state index in [1.807, 2.05) is 19.9 Å². The van der Waals surface area contributed by atoms with Crippen molar-refractivity contribution in [2.75, 3.05) is 18.0 Å². The number of carbonyl (C=O) groups excluding carboxylic acids is 1. The van der Waals surface area contributed by atoms with Crippen LogP contribution in [0.3, 0.4) is 0 Å². The van der Waals surface area contributed by atoms with Crippen molar-refractivity contribution in [2.45, 2.75) is 32.8 Å². The van der Waals surface area contributed by atoms with Gasteiger partial charge < -0.3 is 15.4 Å². The maximum atomic E-state index is 11.3. The quantitative estimate of drug-likeness (QED) is 0.917. The lowest BCUT2D eigenvalue weighted by atomic mass is 10.1. The van der Waals surface area contributed by atoms with E-state index in [0.717, 1.165) is 43.0 Å². The lowest BCUT2D eigenvalue weighted by Crippen LogP contribution is -2.38. The van der Waals surface area contributed by atoms with Gasteiger partial charge in [-0.1, -0.05) is 0 Å². The molecule has 2 N–H and O–H groups in total. The van der Waals surface area contributed by atoms with Crippen molar-refractivity contribution in [3.8, 4) is 5.88 Å². The Morgan fingerprint density at radius 2 is 2.04 bits per heavy atom. The van der Waals surface area contributed by atoms with Gasteiger partial charge in [0, 0.05) is 44.0 Å². The van der Waals surface area contributed by atoms with E-state index in [1.165, 1.54) is 0 Å². The SMILES string of the molecule is Cc1cnc(C)c(OC2CCN(c3ccnc(C(N)=O)c3)CC2)n1. The monoisotopic (exact) mass is 327 g/mol. The average Bonchev–Trinajstić information content (AvgIpc) is 2.59. The van der Waals surface area contributed by atoms with Crippen LogP contribution in [-0.2, 0) is 0 Å². The number of aromatic nitrogens is 3. The lowest BCUT2D eigenvalue weighted by Gasteiger charge is -2.33. The van der Waals surface area contributed by atoms with Crippen LogP contribution < -0.4 is 15.4 Å². The molecule has 0 unspecified atom stereocenters. The Balaban J connectivity index is 1.62. The lowest BCUT2D eigenvalue weighted by molar-refractivity contribution is 0.0995. The Bertz CT molecular complexity index is 742. The van der Waals surface area contributed by atoms with E-state index in [4.69, 9.17) is 10.5 Å². The summed E-state index contributed by atoms with van der Waals surface area (Å²) in [6, 6.07) is 3.63. The van der Waals surface area contributed by atoms with Gasteiger partial charge in [-0.25, -0.2) is 4.98 Å². The van der Waals surface area contributed by atoms with Crippen molar-refractivity contribution in [2.24, 2.45) is 5.73 Å². The molecule has 7 nitrogen and oxygen atoms in total. The van der Waals surface area contributed by atoms with Crippen molar-refractivity contribution >= 4 is 11.6 Å². The predicted molar refractivity (Wildman–Crippen MR) is 90.1 cm³/mol. The number of carbonyl (C=O) groups is 1. The van der Waals surface area contributed by atoms with E-state index in [0.29, 0.717) is 5.88 Å². The number of hydrogen-bond acceptors (Lipinski definition) is 6.